The van der Waals surface area contributed by atoms with E-state index < -0.39 is 6.09 Å². The van der Waals surface area contributed by atoms with E-state index in [0.717, 1.165) is 11.1 Å². The average molecular weight is 261 g/mol. The van der Waals surface area contributed by atoms with Crippen molar-refractivity contribution in [1.29, 1.82) is 0 Å². The Labute approximate surface area is 110 Å². The molecule has 0 bridgehead atoms. The number of aromatic nitrogens is 2. The Balaban J connectivity index is 2.18. The molecule has 19 heavy (non-hydrogen) atoms. The lowest BCUT2D eigenvalue weighted by Gasteiger charge is -2.19. The minimum Gasteiger partial charge on any atom is -0.465 e. The molecule has 0 aliphatic carbocycles. The Hall–Kier alpha value is -2.34. The topological polar surface area (TPSA) is 89.4 Å². The van der Waals surface area contributed by atoms with Crippen LogP contribution in [0.2, 0.25) is 0 Å². The molecule has 0 unspecified atom stereocenters. The van der Waals surface area contributed by atoms with E-state index in [1.54, 1.807) is 24.5 Å². The summed E-state index contributed by atoms with van der Waals surface area (Å²) < 4.78 is 0. The van der Waals surface area contributed by atoms with Crippen LogP contribution < -0.4 is 4.90 Å². The quantitative estimate of drug-likeness (QED) is 0.767. The van der Waals surface area contributed by atoms with Crippen molar-refractivity contribution >= 4 is 11.8 Å². The maximum atomic E-state index is 11.1. The molecule has 1 aromatic carbocycles. The summed E-state index contributed by atoms with van der Waals surface area (Å²) in [4.78, 5) is 12.4. The number of nitrogens with one attached hydrogen (secondary N) is 1. The van der Waals surface area contributed by atoms with Gasteiger partial charge in [-0.3, -0.25) is 10.00 Å². The fourth-order valence-corrected chi connectivity index (χ4v) is 1.81. The van der Waals surface area contributed by atoms with Crippen molar-refractivity contribution in [3.63, 3.8) is 0 Å². The van der Waals surface area contributed by atoms with E-state index in [1.165, 1.54) is 4.90 Å². The van der Waals surface area contributed by atoms with E-state index in [-0.39, 0.29) is 13.2 Å². The van der Waals surface area contributed by atoms with Crippen molar-refractivity contribution in [1.82, 2.24) is 10.2 Å². The minimum absolute atomic E-state index is 0.0309. The molecule has 6 nitrogen and oxygen atoms in total. The van der Waals surface area contributed by atoms with E-state index in [2.05, 4.69) is 10.2 Å². The molecule has 0 spiro atoms. The third-order valence-corrected chi connectivity index (χ3v) is 2.78. The number of aromatic amines is 1. The molecule has 1 amide bonds. The molecule has 6 heteroatoms. The number of aliphatic hydroxyl groups excluding tert-OH is 1. The van der Waals surface area contributed by atoms with Crippen LogP contribution >= 0.6 is 0 Å². The van der Waals surface area contributed by atoms with Crippen LogP contribution in [0.5, 0.6) is 0 Å². The first-order valence-corrected chi connectivity index (χ1v) is 5.93. The standard InChI is InChI=1S/C13H15N3O3/c17-7-1-6-16(13(18)19)12-4-2-10(3-5-12)11-8-14-15-9-11/h2-5,8-9,17H,1,6-7H2,(H,14,15)(H,18,19). The number of aliphatic hydroxyl groups is 1. The molecule has 2 aromatic rings. The number of anilines is 1. The molecule has 0 atom stereocenters. The molecule has 0 aliphatic heterocycles. The van der Waals surface area contributed by atoms with Crippen LogP contribution in [0.15, 0.2) is 36.7 Å². The highest BCUT2D eigenvalue weighted by Crippen LogP contribution is 2.22. The van der Waals surface area contributed by atoms with Crippen LogP contribution in [0.25, 0.3) is 11.1 Å². The normalized spacial score (nSPS) is 10.4. The first-order valence-electron chi connectivity index (χ1n) is 5.93. The number of nitrogens with zero attached hydrogens (tertiary/aromatic N) is 2. The van der Waals surface area contributed by atoms with Gasteiger partial charge in [0.25, 0.3) is 0 Å². The van der Waals surface area contributed by atoms with Gasteiger partial charge in [-0.1, -0.05) is 12.1 Å². The lowest BCUT2D eigenvalue weighted by molar-refractivity contribution is 0.200. The second-order valence-corrected chi connectivity index (χ2v) is 4.05. The van der Waals surface area contributed by atoms with Crippen molar-refractivity contribution in [2.45, 2.75) is 6.42 Å². The van der Waals surface area contributed by atoms with Crippen molar-refractivity contribution in [2.24, 2.45) is 0 Å². The smallest absolute Gasteiger partial charge is 0.411 e. The van der Waals surface area contributed by atoms with Crippen LogP contribution in [0.4, 0.5) is 10.5 Å². The zero-order valence-electron chi connectivity index (χ0n) is 10.3. The number of H-pyrrole nitrogens is 1. The molecule has 0 saturated heterocycles. The summed E-state index contributed by atoms with van der Waals surface area (Å²) in [7, 11) is 0. The highest BCUT2D eigenvalue weighted by molar-refractivity contribution is 5.86. The number of amides is 1. The average Bonchev–Trinajstić information content (AvgIpc) is 2.93. The summed E-state index contributed by atoms with van der Waals surface area (Å²) >= 11 is 0. The summed E-state index contributed by atoms with van der Waals surface area (Å²) in [6.07, 6.45) is 2.87. The van der Waals surface area contributed by atoms with Gasteiger partial charge in [-0.25, -0.2) is 4.79 Å². The second-order valence-electron chi connectivity index (χ2n) is 4.05. The van der Waals surface area contributed by atoms with Crippen molar-refractivity contribution < 1.29 is 15.0 Å². The van der Waals surface area contributed by atoms with Gasteiger partial charge in [-0.05, 0) is 24.1 Å². The maximum absolute atomic E-state index is 11.1. The molecule has 0 saturated carbocycles. The Kier molecular flexibility index (Phi) is 4.15. The van der Waals surface area contributed by atoms with E-state index in [4.69, 9.17) is 10.2 Å². The molecule has 100 valence electrons. The number of benzene rings is 1. The fourth-order valence-electron chi connectivity index (χ4n) is 1.81. The third kappa shape index (κ3) is 3.11. The van der Waals surface area contributed by atoms with Gasteiger partial charge in [-0.15, -0.1) is 0 Å². The Bertz CT molecular complexity index is 523. The molecular weight excluding hydrogens is 246 g/mol. The van der Waals surface area contributed by atoms with Crippen molar-refractivity contribution in [3.05, 3.63) is 36.7 Å². The van der Waals surface area contributed by atoms with Crippen LogP contribution in [0.3, 0.4) is 0 Å². The van der Waals surface area contributed by atoms with Gasteiger partial charge in [0.15, 0.2) is 0 Å². The van der Waals surface area contributed by atoms with E-state index in [0.29, 0.717) is 12.1 Å². The highest BCUT2D eigenvalue weighted by atomic mass is 16.4. The molecule has 2 rings (SSSR count). The number of carboxylic acid groups (broad SMARTS) is 1. The highest BCUT2D eigenvalue weighted by Gasteiger charge is 2.13. The second kappa shape index (κ2) is 6.01. The predicted octanol–water partition coefficient (Wildman–Crippen LogP) is 1.94. The molecule has 3 N–H and O–H groups in total. The summed E-state index contributed by atoms with van der Waals surface area (Å²) in [6, 6.07) is 7.17. The minimum atomic E-state index is -1.02. The predicted molar refractivity (Wildman–Crippen MR) is 71.1 cm³/mol. The Morgan fingerprint density at radius 3 is 2.53 bits per heavy atom. The maximum Gasteiger partial charge on any atom is 0.411 e. The summed E-state index contributed by atoms with van der Waals surface area (Å²) in [5, 5.41) is 24.5. The summed E-state index contributed by atoms with van der Waals surface area (Å²) in [6.45, 7) is 0.244. The van der Waals surface area contributed by atoms with Crippen LogP contribution in [-0.4, -0.2) is 39.7 Å². The van der Waals surface area contributed by atoms with Gasteiger partial charge in [-0.2, -0.15) is 5.10 Å². The molecule has 1 aromatic heterocycles. The first-order chi connectivity index (χ1) is 9.22. The van der Waals surface area contributed by atoms with E-state index in [1.807, 2.05) is 12.1 Å². The van der Waals surface area contributed by atoms with Crippen LogP contribution in [-0.2, 0) is 0 Å². The lowest BCUT2D eigenvalue weighted by atomic mass is 10.1. The molecular formula is C13H15N3O3. The number of rotatable bonds is 5. The van der Waals surface area contributed by atoms with Gasteiger partial charge in [0, 0.05) is 30.6 Å². The number of hydrogen-bond donors (Lipinski definition) is 3. The zero-order valence-corrected chi connectivity index (χ0v) is 10.3. The monoisotopic (exact) mass is 261 g/mol. The molecule has 0 aliphatic rings. The van der Waals surface area contributed by atoms with Gasteiger partial charge in [0.1, 0.15) is 0 Å². The van der Waals surface area contributed by atoms with Gasteiger partial charge >= 0.3 is 6.09 Å². The van der Waals surface area contributed by atoms with Gasteiger partial charge < -0.3 is 10.2 Å². The largest absolute Gasteiger partial charge is 0.465 e. The summed E-state index contributed by atoms with van der Waals surface area (Å²) in [5.74, 6) is 0. The third-order valence-electron chi connectivity index (χ3n) is 2.78. The van der Waals surface area contributed by atoms with Crippen LogP contribution in [0, 0.1) is 0 Å². The molecule has 0 radical (unpaired) electrons. The molecule has 0 fully saturated rings. The Morgan fingerprint density at radius 1 is 1.26 bits per heavy atom. The zero-order chi connectivity index (χ0) is 13.7. The Morgan fingerprint density at radius 2 is 2.00 bits per heavy atom. The first kappa shape index (κ1) is 13.1. The SMILES string of the molecule is O=C(O)N(CCCO)c1ccc(-c2cn[nH]c2)cc1. The van der Waals surface area contributed by atoms with Crippen molar-refractivity contribution in [2.75, 3.05) is 18.1 Å². The fraction of sp³-hybridized carbons (Fsp3) is 0.231. The van der Waals surface area contributed by atoms with E-state index >= 15 is 0 Å². The van der Waals surface area contributed by atoms with Gasteiger partial charge in [0.05, 0.1) is 6.20 Å². The molecule has 1 heterocycles. The number of carbonyl (C=O) groups is 1. The number of hydrogen-bond acceptors (Lipinski definition) is 3. The van der Waals surface area contributed by atoms with Gasteiger partial charge in [0.2, 0.25) is 0 Å². The summed E-state index contributed by atoms with van der Waals surface area (Å²) in [5.41, 5.74) is 2.50. The van der Waals surface area contributed by atoms with E-state index in [9.17, 15) is 4.79 Å². The van der Waals surface area contributed by atoms with Crippen LogP contribution in [0.1, 0.15) is 6.42 Å². The van der Waals surface area contributed by atoms with Crippen molar-refractivity contribution in [3.8, 4) is 11.1 Å². The lowest BCUT2D eigenvalue weighted by Crippen LogP contribution is -2.30.